The highest BCUT2D eigenvalue weighted by Crippen LogP contribution is 2.28. The van der Waals surface area contributed by atoms with Crippen LogP contribution >= 0.6 is 11.3 Å². The predicted molar refractivity (Wildman–Crippen MR) is 91.4 cm³/mol. The van der Waals surface area contributed by atoms with E-state index in [1.807, 2.05) is 0 Å². The minimum atomic E-state index is -3.69. The molecule has 128 valence electrons. The fraction of sp³-hybridized carbons (Fsp3) is 0.312. The Morgan fingerprint density at radius 1 is 1.25 bits per heavy atom. The highest BCUT2D eigenvalue weighted by Gasteiger charge is 2.31. The summed E-state index contributed by atoms with van der Waals surface area (Å²) in [4.78, 5) is 12.5. The number of benzene rings is 1. The molecule has 0 saturated carbocycles. The van der Waals surface area contributed by atoms with Gasteiger partial charge in [-0.05, 0) is 48.9 Å². The van der Waals surface area contributed by atoms with E-state index in [0.29, 0.717) is 13.1 Å². The van der Waals surface area contributed by atoms with Crippen LogP contribution in [0.5, 0.6) is 0 Å². The lowest BCUT2D eigenvalue weighted by Gasteiger charge is -2.15. The first kappa shape index (κ1) is 17.1. The van der Waals surface area contributed by atoms with Crippen molar-refractivity contribution in [2.45, 2.75) is 24.7 Å². The van der Waals surface area contributed by atoms with Crippen molar-refractivity contribution in [2.24, 2.45) is 0 Å². The molecule has 5 nitrogen and oxygen atoms in total. The highest BCUT2D eigenvalue weighted by atomic mass is 32.2. The molecule has 8 heteroatoms. The average Bonchev–Trinajstić information content (AvgIpc) is 3.21. The molecule has 1 aliphatic heterocycles. The lowest BCUT2D eigenvalue weighted by atomic mass is 10.2. The Bertz CT molecular complexity index is 871. The summed E-state index contributed by atoms with van der Waals surface area (Å²) >= 11 is 1.03. The van der Waals surface area contributed by atoms with E-state index in [1.54, 1.807) is 18.4 Å². The maximum Gasteiger partial charge on any atom is 0.267 e. The number of hydrogen-bond acceptors (Lipinski definition) is 4. The molecule has 1 N–H and O–H groups in total. The summed E-state index contributed by atoms with van der Waals surface area (Å²) in [6.07, 6.45) is 1.64. The lowest BCUT2D eigenvalue weighted by molar-refractivity contribution is 0.102. The van der Waals surface area contributed by atoms with Crippen molar-refractivity contribution in [1.82, 2.24) is 4.31 Å². The van der Waals surface area contributed by atoms with Crippen LogP contribution in [0.2, 0.25) is 0 Å². The van der Waals surface area contributed by atoms with Crippen LogP contribution in [0.15, 0.2) is 34.5 Å². The molecule has 1 aromatic carbocycles. The van der Waals surface area contributed by atoms with Crippen molar-refractivity contribution in [3.8, 4) is 0 Å². The van der Waals surface area contributed by atoms with Crippen molar-refractivity contribution in [3.05, 3.63) is 45.9 Å². The smallest absolute Gasteiger partial charge is 0.267 e. The van der Waals surface area contributed by atoms with Crippen LogP contribution in [0.25, 0.3) is 0 Å². The van der Waals surface area contributed by atoms with Crippen molar-refractivity contribution in [2.75, 3.05) is 18.4 Å². The number of nitrogens with one attached hydrogen (secondary N) is 1. The van der Waals surface area contributed by atoms with Gasteiger partial charge in [-0.1, -0.05) is 6.07 Å². The molecule has 2 heterocycles. The second-order valence-electron chi connectivity index (χ2n) is 5.66. The van der Waals surface area contributed by atoms with Crippen LogP contribution in [0.4, 0.5) is 10.1 Å². The standard InChI is InChI=1S/C16H17FN2O3S2/c1-11-4-5-13(12(17)10-11)18-16(20)15-14(6-9-23-15)24(21,22)19-7-2-3-8-19/h4-6,9-10H,2-3,7-8H2,1H3,(H,18,20). The predicted octanol–water partition coefficient (Wildman–Crippen LogP) is 3.23. The third-order valence-electron chi connectivity index (χ3n) is 3.89. The molecule has 0 aliphatic carbocycles. The number of thiophene rings is 1. The Hall–Kier alpha value is -1.77. The molecule has 0 bridgehead atoms. The zero-order valence-electron chi connectivity index (χ0n) is 13.1. The van der Waals surface area contributed by atoms with Gasteiger partial charge >= 0.3 is 0 Å². The monoisotopic (exact) mass is 368 g/mol. The van der Waals surface area contributed by atoms with Crippen molar-refractivity contribution >= 4 is 33.0 Å². The van der Waals surface area contributed by atoms with Crippen molar-refractivity contribution in [1.29, 1.82) is 0 Å². The Kier molecular flexibility index (Phi) is 4.71. The largest absolute Gasteiger partial charge is 0.319 e. The van der Waals surface area contributed by atoms with E-state index in [0.717, 1.165) is 29.7 Å². The zero-order chi connectivity index (χ0) is 17.3. The lowest BCUT2D eigenvalue weighted by Crippen LogP contribution is -2.29. The Balaban J connectivity index is 1.88. The molecule has 1 saturated heterocycles. The first-order chi connectivity index (χ1) is 11.4. The van der Waals surface area contributed by atoms with Crippen LogP contribution in [-0.4, -0.2) is 31.7 Å². The molecular weight excluding hydrogens is 351 g/mol. The summed E-state index contributed by atoms with van der Waals surface area (Å²) in [5.74, 6) is -1.17. The van der Waals surface area contributed by atoms with E-state index < -0.39 is 21.7 Å². The number of nitrogens with zero attached hydrogens (tertiary/aromatic N) is 1. The molecule has 24 heavy (non-hydrogen) atoms. The second kappa shape index (κ2) is 6.62. The molecule has 2 aromatic rings. The van der Waals surface area contributed by atoms with E-state index >= 15 is 0 Å². The number of halogens is 1. The normalized spacial score (nSPS) is 15.6. The fourth-order valence-electron chi connectivity index (χ4n) is 2.63. The number of amides is 1. The fourth-order valence-corrected chi connectivity index (χ4v) is 5.45. The topological polar surface area (TPSA) is 66.5 Å². The SMILES string of the molecule is Cc1ccc(NC(=O)c2sccc2S(=O)(=O)N2CCCC2)c(F)c1. The summed E-state index contributed by atoms with van der Waals surface area (Å²) in [5.41, 5.74) is 0.766. The summed E-state index contributed by atoms with van der Waals surface area (Å²) in [6.45, 7) is 2.67. The van der Waals surface area contributed by atoms with E-state index in [-0.39, 0.29) is 15.5 Å². The van der Waals surface area contributed by atoms with Crippen molar-refractivity contribution < 1.29 is 17.6 Å². The van der Waals surface area contributed by atoms with E-state index in [1.165, 1.54) is 22.5 Å². The van der Waals surface area contributed by atoms with Crippen LogP contribution in [0.3, 0.4) is 0 Å². The molecule has 3 rings (SSSR count). The van der Waals surface area contributed by atoms with Crippen LogP contribution in [-0.2, 0) is 10.0 Å². The van der Waals surface area contributed by atoms with Gasteiger partial charge < -0.3 is 5.32 Å². The number of rotatable bonds is 4. The van der Waals surface area contributed by atoms with Gasteiger partial charge in [-0.25, -0.2) is 12.8 Å². The maximum absolute atomic E-state index is 13.9. The molecule has 1 aromatic heterocycles. The van der Waals surface area contributed by atoms with Gasteiger partial charge in [-0.3, -0.25) is 4.79 Å². The number of carbonyl (C=O) groups excluding carboxylic acids is 1. The Morgan fingerprint density at radius 3 is 2.62 bits per heavy atom. The van der Waals surface area contributed by atoms with Gasteiger partial charge in [-0.2, -0.15) is 4.31 Å². The summed E-state index contributed by atoms with van der Waals surface area (Å²) in [6, 6.07) is 5.88. The summed E-state index contributed by atoms with van der Waals surface area (Å²) in [5, 5.41) is 4.02. The van der Waals surface area contributed by atoms with Gasteiger partial charge in [0.2, 0.25) is 10.0 Å². The number of aryl methyl sites for hydroxylation is 1. The number of carbonyl (C=O) groups is 1. The maximum atomic E-state index is 13.9. The van der Waals surface area contributed by atoms with Gasteiger partial charge in [-0.15, -0.1) is 11.3 Å². The summed E-state index contributed by atoms with van der Waals surface area (Å²) in [7, 11) is -3.69. The number of sulfonamides is 1. The highest BCUT2D eigenvalue weighted by molar-refractivity contribution is 7.89. The van der Waals surface area contributed by atoms with Gasteiger partial charge in [0.25, 0.3) is 5.91 Å². The van der Waals surface area contributed by atoms with E-state index in [9.17, 15) is 17.6 Å². The molecular formula is C16H17FN2O3S2. The molecule has 1 amide bonds. The molecule has 1 fully saturated rings. The minimum Gasteiger partial charge on any atom is -0.319 e. The molecule has 0 unspecified atom stereocenters. The van der Waals surface area contributed by atoms with E-state index in [2.05, 4.69) is 5.32 Å². The third kappa shape index (κ3) is 3.22. The molecule has 0 spiro atoms. The van der Waals surface area contributed by atoms with Crippen LogP contribution in [0, 0.1) is 12.7 Å². The van der Waals surface area contributed by atoms with Gasteiger partial charge in [0.1, 0.15) is 15.6 Å². The molecule has 0 atom stereocenters. The van der Waals surface area contributed by atoms with Crippen LogP contribution < -0.4 is 5.32 Å². The average molecular weight is 368 g/mol. The minimum absolute atomic E-state index is 0.0144. The van der Waals surface area contributed by atoms with Gasteiger partial charge in [0.15, 0.2) is 0 Å². The molecule has 0 radical (unpaired) electrons. The Labute approximate surface area is 144 Å². The number of anilines is 1. The van der Waals surface area contributed by atoms with E-state index in [4.69, 9.17) is 0 Å². The quantitative estimate of drug-likeness (QED) is 0.901. The number of hydrogen-bond donors (Lipinski definition) is 1. The second-order valence-corrected chi connectivity index (χ2v) is 8.49. The third-order valence-corrected chi connectivity index (χ3v) is 6.87. The zero-order valence-corrected chi connectivity index (χ0v) is 14.7. The Morgan fingerprint density at radius 2 is 1.96 bits per heavy atom. The summed E-state index contributed by atoms with van der Waals surface area (Å²) < 4.78 is 40.6. The van der Waals surface area contributed by atoms with Crippen LogP contribution in [0.1, 0.15) is 28.1 Å². The van der Waals surface area contributed by atoms with Gasteiger partial charge in [0.05, 0.1) is 5.69 Å². The van der Waals surface area contributed by atoms with Crippen molar-refractivity contribution in [3.63, 3.8) is 0 Å². The first-order valence-corrected chi connectivity index (χ1v) is 9.87. The molecule has 1 aliphatic rings. The van der Waals surface area contributed by atoms with Gasteiger partial charge in [0, 0.05) is 13.1 Å². The first-order valence-electron chi connectivity index (χ1n) is 7.55.